The van der Waals surface area contributed by atoms with E-state index < -0.39 is 0 Å². The number of nitrogens with zero attached hydrogens (tertiary/aromatic N) is 6. The summed E-state index contributed by atoms with van der Waals surface area (Å²) in [7, 11) is 3.16. The third-order valence-electron chi connectivity index (χ3n) is 2.95. The Bertz CT molecular complexity index is 700. The largest absolute Gasteiger partial charge is 0.360 e. The first-order valence-electron chi connectivity index (χ1n) is 6.35. The van der Waals surface area contributed by atoms with Gasteiger partial charge in [0.15, 0.2) is 0 Å². The van der Waals surface area contributed by atoms with Crippen molar-refractivity contribution in [1.29, 1.82) is 0 Å². The molecular weight excluding hydrogens is 268 g/mol. The summed E-state index contributed by atoms with van der Waals surface area (Å²) in [5.74, 6) is 0.386. The lowest BCUT2D eigenvalue weighted by Crippen LogP contribution is -2.48. The quantitative estimate of drug-likeness (QED) is 0.833. The molecule has 3 rings (SSSR count). The number of pyridine rings is 2. The van der Waals surface area contributed by atoms with Crippen molar-refractivity contribution in [2.75, 3.05) is 14.1 Å². The van der Waals surface area contributed by atoms with Crippen molar-refractivity contribution >= 4 is 11.9 Å². The molecule has 105 valence electrons. The second-order valence-corrected chi connectivity index (χ2v) is 4.48. The average Bonchev–Trinajstić information content (AvgIpc) is 2.53. The van der Waals surface area contributed by atoms with E-state index >= 15 is 0 Å². The Labute approximate surface area is 121 Å². The van der Waals surface area contributed by atoms with Gasteiger partial charge in [-0.15, -0.1) is 10.5 Å². The standard InChI is InChI=1S/C14H13N6O/c1-19-14(21)20(2)18-13(17-19)12-8-5-7-11(16-12)10-6-3-4-9-15-10/h3-9H,1-2H3. The highest BCUT2D eigenvalue weighted by atomic mass is 16.2. The molecule has 0 fully saturated rings. The molecule has 1 aliphatic heterocycles. The van der Waals surface area contributed by atoms with E-state index in [0.29, 0.717) is 11.5 Å². The minimum absolute atomic E-state index is 0.292. The van der Waals surface area contributed by atoms with E-state index in [2.05, 4.69) is 20.5 Å². The van der Waals surface area contributed by atoms with E-state index in [1.165, 1.54) is 10.0 Å². The maximum atomic E-state index is 11.6. The first-order valence-corrected chi connectivity index (χ1v) is 6.35. The van der Waals surface area contributed by atoms with Crippen LogP contribution in [-0.4, -0.2) is 45.9 Å². The molecule has 1 aliphatic rings. The number of carbonyl (C=O) groups is 1. The molecule has 0 spiro atoms. The number of carbonyl (C=O) groups excluding carboxylic acids is 1. The van der Waals surface area contributed by atoms with E-state index in [-0.39, 0.29) is 6.03 Å². The van der Waals surface area contributed by atoms with Crippen molar-refractivity contribution < 1.29 is 4.79 Å². The highest BCUT2D eigenvalue weighted by Gasteiger charge is 2.25. The zero-order chi connectivity index (χ0) is 14.8. The van der Waals surface area contributed by atoms with Gasteiger partial charge in [0.2, 0.25) is 5.84 Å². The number of hydrogen-bond donors (Lipinski definition) is 0. The number of urea groups is 1. The van der Waals surface area contributed by atoms with Crippen LogP contribution in [0.25, 0.3) is 11.4 Å². The summed E-state index contributed by atoms with van der Waals surface area (Å²) >= 11 is 0. The van der Waals surface area contributed by atoms with Crippen LogP contribution in [0.5, 0.6) is 0 Å². The Balaban J connectivity index is 1.97. The fourth-order valence-electron chi connectivity index (χ4n) is 1.92. The zero-order valence-electron chi connectivity index (χ0n) is 11.6. The second kappa shape index (κ2) is 5.20. The lowest BCUT2D eigenvalue weighted by Gasteiger charge is -2.26. The Morgan fingerprint density at radius 2 is 1.67 bits per heavy atom. The van der Waals surface area contributed by atoms with E-state index in [1.807, 2.05) is 30.3 Å². The van der Waals surface area contributed by atoms with E-state index in [0.717, 1.165) is 11.4 Å². The predicted molar refractivity (Wildman–Crippen MR) is 77.1 cm³/mol. The lowest BCUT2D eigenvalue weighted by molar-refractivity contribution is 0.155. The molecule has 2 amide bonds. The van der Waals surface area contributed by atoms with Crippen LogP contribution in [0.4, 0.5) is 4.79 Å². The molecule has 0 saturated carbocycles. The lowest BCUT2D eigenvalue weighted by atomic mass is 10.2. The average molecular weight is 281 g/mol. The van der Waals surface area contributed by atoms with Gasteiger partial charge in [0, 0.05) is 20.3 Å². The number of hydrazone groups is 1. The number of amidine groups is 1. The summed E-state index contributed by atoms with van der Waals surface area (Å²) in [6, 6.07) is 10.9. The van der Waals surface area contributed by atoms with Gasteiger partial charge >= 0.3 is 6.03 Å². The molecule has 7 nitrogen and oxygen atoms in total. The van der Waals surface area contributed by atoms with Gasteiger partial charge in [-0.05, 0) is 24.3 Å². The van der Waals surface area contributed by atoms with Crippen molar-refractivity contribution in [3.63, 3.8) is 0 Å². The monoisotopic (exact) mass is 281 g/mol. The minimum atomic E-state index is -0.292. The summed E-state index contributed by atoms with van der Waals surface area (Å²) in [6.45, 7) is 0. The Morgan fingerprint density at radius 1 is 0.905 bits per heavy atom. The maximum absolute atomic E-state index is 11.6. The molecule has 0 aliphatic carbocycles. The fraction of sp³-hybridized carbons (Fsp3) is 0.143. The molecule has 0 N–H and O–H groups in total. The van der Waals surface area contributed by atoms with Crippen LogP contribution in [0, 0.1) is 0 Å². The Morgan fingerprint density at radius 3 is 2.38 bits per heavy atom. The van der Waals surface area contributed by atoms with Gasteiger partial charge in [-0.3, -0.25) is 4.98 Å². The second-order valence-electron chi connectivity index (χ2n) is 4.48. The molecule has 0 aromatic carbocycles. The number of aromatic nitrogens is 2. The van der Waals surface area contributed by atoms with Crippen molar-refractivity contribution in [2.45, 2.75) is 0 Å². The molecule has 1 radical (unpaired) electrons. The summed E-state index contributed by atoms with van der Waals surface area (Å²) in [5, 5.41) is 6.60. The third kappa shape index (κ3) is 2.53. The summed E-state index contributed by atoms with van der Waals surface area (Å²) < 4.78 is 0. The molecule has 21 heavy (non-hydrogen) atoms. The highest BCUT2D eigenvalue weighted by Crippen LogP contribution is 2.15. The number of amides is 2. The number of hydrogen-bond acceptors (Lipinski definition) is 4. The summed E-state index contributed by atoms with van der Waals surface area (Å²) in [4.78, 5) is 20.4. The molecule has 2 aromatic heterocycles. The van der Waals surface area contributed by atoms with E-state index in [9.17, 15) is 4.79 Å². The molecule has 0 bridgehead atoms. The maximum Gasteiger partial charge on any atom is 0.360 e. The van der Waals surface area contributed by atoms with Crippen LogP contribution in [0.15, 0.2) is 47.7 Å². The van der Waals surface area contributed by atoms with Crippen molar-refractivity contribution in [3.8, 4) is 11.4 Å². The molecule has 3 heterocycles. The Hall–Kier alpha value is -2.96. The van der Waals surface area contributed by atoms with Gasteiger partial charge in [-0.1, -0.05) is 12.1 Å². The topological polar surface area (TPSA) is 75.8 Å². The van der Waals surface area contributed by atoms with Gasteiger partial charge in [0.25, 0.3) is 0 Å². The molecule has 0 saturated heterocycles. The molecule has 2 aromatic rings. The normalized spacial score (nSPS) is 14.8. The molecule has 7 heteroatoms. The SMILES string of the molecule is CN1[N]C(c2cccc(-c3ccccn3)n2)=NN(C)C1=O. The van der Waals surface area contributed by atoms with Gasteiger partial charge in [-0.25, -0.2) is 19.8 Å². The van der Waals surface area contributed by atoms with E-state index in [4.69, 9.17) is 0 Å². The van der Waals surface area contributed by atoms with Crippen molar-refractivity contribution in [1.82, 2.24) is 25.4 Å². The molecule has 0 unspecified atom stereocenters. The predicted octanol–water partition coefficient (Wildman–Crippen LogP) is 1.32. The molecular formula is C14H13N6O. The fourth-order valence-corrected chi connectivity index (χ4v) is 1.92. The van der Waals surface area contributed by atoms with Gasteiger partial charge in [-0.2, -0.15) is 0 Å². The van der Waals surface area contributed by atoms with Gasteiger partial charge < -0.3 is 0 Å². The minimum Gasteiger partial charge on any atom is -0.255 e. The van der Waals surface area contributed by atoms with E-state index in [1.54, 1.807) is 26.4 Å². The van der Waals surface area contributed by atoms with Crippen LogP contribution in [-0.2, 0) is 0 Å². The van der Waals surface area contributed by atoms with Crippen LogP contribution in [0.3, 0.4) is 0 Å². The number of rotatable bonds is 2. The first kappa shape index (κ1) is 13.0. The van der Waals surface area contributed by atoms with Crippen molar-refractivity contribution in [2.24, 2.45) is 5.10 Å². The van der Waals surface area contributed by atoms with Gasteiger partial charge in [0.05, 0.1) is 11.4 Å². The van der Waals surface area contributed by atoms with Crippen LogP contribution < -0.4 is 5.43 Å². The van der Waals surface area contributed by atoms with Crippen LogP contribution in [0.2, 0.25) is 0 Å². The van der Waals surface area contributed by atoms with Crippen LogP contribution in [0.1, 0.15) is 5.69 Å². The molecule has 0 atom stereocenters. The Kier molecular flexibility index (Phi) is 3.23. The van der Waals surface area contributed by atoms with Crippen molar-refractivity contribution in [3.05, 3.63) is 48.3 Å². The highest BCUT2D eigenvalue weighted by molar-refractivity contribution is 6.00. The smallest absolute Gasteiger partial charge is 0.255 e. The first-order chi connectivity index (χ1) is 10.1. The third-order valence-corrected chi connectivity index (χ3v) is 2.95. The van der Waals surface area contributed by atoms with Crippen LogP contribution >= 0.6 is 0 Å². The van der Waals surface area contributed by atoms with Gasteiger partial charge in [0.1, 0.15) is 5.69 Å². The zero-order valence-corrected chi connectivity index (χ0v) is 11.6. The summed E-state index contributed by atoms with van der Waals surface area (Å²) in [6.07, 6.45) is 1.71. The summed E-state index contributed by atoms with van der Waals surface area (Å²) in [5.41, 5.74) is 6.22.